The van der Waals surface area contributed by atoms with E-state index in [9.17, 15) is 13.2 Å². The molecule has 0 bridgehead atoms. The van der Waals surface area contributed by atoms with Gasteiger partial charge in [0.25, 0.3) is 0 Å². The van der Waals surface area contributed by atoms with Crippen LogP contribution in [-0.4, -0.2) is 48.2 Å². The minimum atomic E-state index is -4.39. The van der Waals surface area contributed by atoms with Crippen LogP contribution >= 0.6 is 11.6 Å². The van der Waals surface area contributed by atoms with E-state index in [0.717, 1.165) is 17.3 Å². The summed E-state index contributed by atoms with van der Waals surface area (Å²) >= 11 is 6.17. The van der Waals surface area contributed by atoms with Crippen LogP contribution in [0, 0.1) is 0 Å². The molecular formula is C22H22ClF3N4O. The fourth-order valence-corrected chi connectivity index (χ4v) is 3.91. The smallest absolute Gasteiger partial charge is 0.378 e. The molecule has 164 valence electrons. The average Bonchev–Trinajstić information content (AvgIpc) is 2.73. The summed E-state index contributed by atoms with van der Waals surface area (Å²) in [5, 5.41) is 1.46. The summed E-state index contributed by atoms with van der Waals surface area (Å²) < 4.78 is 45.4. The Morgan fingerprint density at radius 2 is 1.81 bits per heavy atom. The van der Waals surface area contributed by atoms with Crippen molar-refractivity contribution in [3.05, 3.63) is 64.4 Å². The van der Waals surface area contributed by atoms with Gasteiger partial charge in [-0.3, -0.25) is 4.90 Å². The maximum absolute atomic E-state index is 13.3. The van der Waals surface area contributed by atoms with Gasteiger partial charge in [-0.2, -0.15) is 13.2 Å². The molecule has 3 aromatic rings. The molecular weight excluding hydrogens is 429 g/mol. The first-order valence-corrected chi connectivity index (χ1v) is 10.3. The van der Waals surface area contributed by atoms with Gasteiger partial charge in [0, 0.05) is 30.0 Å². The molecule has 0 saturated carbocycles. The predicted molar refractivity (Wildman–Crippen MR) is 114 cm³/mol. The Bertz CT molecular complexity index is 1070. The van der Waals surface area contributed by atoms with Gasteiger partial charge in [-0.05, 0) is 36.9 Å². The third-order valence-corrected chi connectivity index (χ3v) is 5.41. The number of hydrogen-bond donors (Lipinski definition) is 0. The van der Waals surface area contributed by atoms with Crippen molar-refractivity contribution in [2.75, 3.05) is 38.3 Å². The van der Waals surface area contributed by atoms with E-state index in [4.69, 9.17) is 21.3 Å². The Morgan fingerprint density at radius 1 is 1.06 bits per heavy atom. The lowest BCUT2D eigenvalue weighted by molar-refractivity contribution is -0.138. The second-order valence-corrected chi connectivity index (χ2v) is 7.99. The van der Waals surface area contributed by atoms with Gasteiger partial charge in [0.1, 0.15) is 11.6 Å². The quantitative estimate of drug-likeness (QED) is 0.560. The number of morpholine rings is 1. The van der Waals surface area contributed by atoms with Gasteiger partial charge >= 0.3 is 6.18 Å². The molecule has 0 N–H and O–H groups in total. The molecule has 9 heteroatoms. The summed E-state index contributed by atoms with van der Waals surface area (Å²) in [5.41, 5.74) is 0.305. The standard InChI is InChI=1S/C22H22ClF3N4O/c1-29(13-15-4-2-3-5-18(15)22(24,25)26)14-20-27-19-12-16(23)6-7-17(19)21(28-20)30-8-10-31-11-9-30/h2-7,12H,8-11,13-14H2,1H3. The van der Waals surface area contributed by atoms with E-state index >= 15 is 0 Å². The van der Waals surface area contributed by atoms with Crippen molar-refractivity contribution in [3.8, 4) is 0 Å². The monoisotopic (exact) mass is 450 g/mol. The molecule has 1 saturated heterocycles. The van der Waals surface area contributed by atoms with Gasteiger partial charge in [-0.15, -0.1) is 0 Å². The molecule has 31 heavy (non-hydrogen) atoms. The van der Waals surface area contributed by atoms with Gasteiger partial charge in [0.2, 0.25) is 0 Å². The molecule has 0 spiro atoms. The van der Waals surface area contributed by atoms with E-state index in [1.54, 1.807) is 30.1 Å². The maximum atomic E-state index is 13.3. The molecule has 2 heterocycles. The van der Waals surface area contributed by atoms with E-state index in [2.05, 4.69) is 9.88 Å². The lowest BCUT2D eigenvalue weighted by Gasteiger charge is -2.29. The van der Waals surface area contributed by atoms with Gasteiger partial charge in [-0.1, -0.05) is 29.8 Å². The van der Waals surface area contributed by atoms with Crippen molar-refractivity contribution in [1.82, 2.24) is 14.9 Å². The topological polar surface area (TPSA) is 41.5 Å². The number of rotatable bonds is 5. The molecule has 0 amide bonds. The summed E-state index contributed by atoms with van der Waals surface area (Å²) in [5.74, 6) is 1.33. The Morgan fingerprint density at radius 3 is 2.55 bits per heavy atom. The SMILES string of the molecule is CN(Cc1nc(N2CCOCC2)c2ccc(Cl)cc2n1)Cc1ccccc1C(F)(F)F. The van der Waals surface area contributed by atoms with E-state index in [0.29, 0.717) is 49.2 Å². The van der Waals surface area contributed by atoms with Crippen LogP contribution in [0.3, 0.4) is 0 Å². The maximum Gasteiger partial charge on any atom is 0.416 e. The fraction of sp³-hybridized carbons (Fsp3) is 0.364. The Hall–Kier alpha value is -2.42. The molecule has 0 radical (unpaired) electrons. The summed E-state index contributed by atoms with van der Waals surface area (Å²) in [6.07, 6.45) is -4.39. The van der Waals surface area contributed by atoms with Crippen LogP contribution in [0.1, 0.15) is 17.0 Å². The van der Waals surface area contributed by atoms with Crippen molar-refractivity contribution in [3.63, 3.8) is 0 Å². The summed E-state index contributed by atoms with van der Waals surface area (Å²) in [6, 6.07) is 11.1. The number of aromatic nitrogens is 2. The van der Waals surface area contributed by atoms with E-state index in [1.807, 2.05) is 6.07 Å². The lowest BCUT2D eigenvalue weighted by Crippen LogP contribution is -2.37. The first-order valence-electron chi connectivity index (χ1n) is 9.94. The molecule has 1 aromatic heterocycles. The summed E-state index contributed by atoms with van der Waals surface area (Å²) in [7, 11) is 1.76. The summed E-state index contributed by atoms with van der Waals surface area (Å²) in [6.45, 7) is 3.07. The highest BCUT2D eigenvalue weighted by Crippen LogP contribution is 2.32. The third-order valence-electron chi connectivity index (χ3n) is 5.17. The molecule has 2 aromatic carbocycles. The number of ether oxygens (including phenoxy) is 1. The highest BCUT2D eigenvalue weighted by atomic mass is 35.5. The van der Waals surface area contributed by atoms with Crippen LogP contribution < -0.4 is 4.90 Å². The molecule has 4 rings (SSSR count). The first kappa shape index (κ1) is 21.8. The van der Waals surface area contributed by atoms with Crippen molar-refractivity contribution in [2.24, 2.45) is 0 Å². The van der Waals surface area contributed by atoms with Crippen LogP contribution in [0.2, 0.25) is 5.02 Å². The molecule has 0 atom stereocenters. The largest absolute Gasteiger partial charge is 0.416 e. The van der Waals surface area contributed by atoms with Crippen molar-refractivity contribution in [1.29, 1.82) is 0 Å². The Kier molecular flexibility index (Phi) is 6.31. The van der Waals surface area contributed by atoms with Crippen LogP contribution in [-0.2, 0) is 24.0 Å². The number of nitrogens with zero attached hydrogens (tertiary/aromatic N) is 4. The van der Waals surface area contributed by atoms with Crippen LogP contribution in [0.25, 0.3) is 10.9 Å². The van der Waals surface area contributed by atoms with E-state index < -0.39 is 11.7 Å². The zero-order valence-electron chi connectivity index (χ0n) is 17.0. The van der Waals surface area contributed by atoms with E-state index in [-0.39, 0.29) is 12.1 Å². The summed E-state index contributed by atoms with van der Waals surface area (Å²) in [4.78, 5) is 13.3. The highest BCUT2D eigenvalue weighted by molar-refractivity contribution is 6.31. The van der Waals surface area contributed by atoms with Gasteiger partial charge in [-0.25, -0.2) is 9.97 Å². The minimum Gasteiger partial charge on any atom is -0.378 e. The highest BCUT2D eigenvalue weighted by Gasteiger charge is 2.33. The number of fused-ring (bicyclic) bond motifs is 1. The number of anilines is 1. The molecule has 5 nitrogen and oxygen atoms in total. The molecule has 1 aliphatic heterocycles. The van der Waals surface area contributed by atoms with Gasteiger partial charge < -0.3 is 9.64 Å². The second-order valence-electron chi connectivity index (χ2n) is 7.55. The van der Waals surface area contributed by atoms with Crippen molar-refractivity contribution < 1.29 is 17.9 Å². The predicted octanol–water partition coefficient (Wildman–Crippen LogP) is 4.77. The average molecular weight is 451 g/mol. The minimum absolute atomic E-state index is 0.125. The molecule has 0 aliphatic carbocycles. The van der Waals surface area contributed by atoms with Gasteiger partial charge in [0.15, 0.2) is 0 Å². The normalized spacial score (nSPS) is 15.1. The van der Waals surface area contributed by atoms with E-state index in [1.165, 1.54) is 12.1 Å². The molecule has 0 unspecified atom stereocenters. The molecule has 1 aliphatic rings. The fourth-order valence-electron chi connectivity index (χ4n) is 3.74. The molecule has 1 fully saturated rings. The lowest BCUT2D eigenvalue weighted by atomic mass is 10.1. The number of alkyl halides is 3. The van der Waals surface area contributed by atoms with Crippen molar-refractivity contribution in [2.45, 2.75) is 19.3 Å². The Labute approximate surface area is 183 Å². The van der Waals surface area contributed by atoms with Crippen LogP contribution in [0.15, 0.2) is 42.5 Å². The zero-order chi connectivity index (χ0) is 22.0. The number of benzene rings is 2. The third kappa shape index (κ3) is 5.08. The van der Waals surface area contributed by atoms with Crippen LogP contribution in [0.4, 0.5) is 19.0 Å². The van der Waals surface area contributed by atoms with Crippen molar-refractivity contribution >= 4 is 28.3 Å². The second kappa shape index (κ2) is 8.98. The van der Waals surface area contributed by atoms with Gasteiger partial charge in [0.05, 0.1) is 30.8 Å². The zero-order valence-corrected chi connectivity index (χ0v) is 17.7. The number of halogens is 4. The van der Waals surface area contributed by atoms with Crippen LogP contribution in [0.5, 0.6) is 0 Å². The number of hydrogen-bond acceptors (Lipinski definition) is 5. The first-order chi connectivity index (χ1) is 14.8. The Balaban J connectivity index is 1.62.